The SMILES string of the molecule is Cc1cc(CC(C)N)cnc1SC(C)C. The summed E-state index contributed by atoms with van der Waals surface area (Å²) in [5, 5.41) is 1.72. The van der Waals surface area contributed by atoms with Crippen LogP contribution in [0.1, 0.15) is 31.9 Å². The Balaban J connectivity index is 2.78. The molecule has 15 heavy (non-hydrogen) atoms. The highest BCUT2D eigenvalue weighted by Gasteiger charge is 2.06. The summed E-state index contributed by atoms with van der Waals surface area (Å²) in [6.45, 7) is 8.50. The lowest BCUT2D eigenvalue weighted by Gasteiger charge is -2.10. The summed E-state index contributed by atoms with van der Waals surface area (Å²) in [5.74, 6) is 0. The van der Waals surface area contributed by atoms with Crippen LogP contribution in [0.15, 0.2) is 17.3 Å². The van der Waals surface area contributed by atoms with E-state index in [0.717, 1.165) is 11.4 Å². The van der Waals surface area contributed by atoms with E-state index in [1.54, 1.807) is 0 Å². The maximum atomic E-state index is 5.76. The molecule has 0 fully saturated rings. The fourth-order valence-corrected chi connectivity index (χ4v) is 2.26. The zero-order valence-electron chi connectivity index (χ0n) is 9.95. The van der Waals surface area contributed by atoms with Gasteiger partial charge in [-0.2, -0.15) is 0 Å². The van der Waals surface area contributed by atoms with Gasteiger partial charge in [-0.3, -0.25) is 0 Å². The maximum absolute atomic E-state index is 5.76. The van der Waals surface area contributed by atoms with Crippen molar-refractivity contribution < 1.29 is 0 Å². The van der Waals surface area contributed by atoms with E-state index in [-0.39, 0.29) is 6.04 Å². The number of aromatic nitrogens is 1. The van der Waals surface area contributed by atoms with Crippen LogP contribution in [0.25, 0.3) is 0 Å². The highest BCUT2D eigenvalue weighted by Crippen LogP contribution is 2.24. The van der Waals surface area contributed by atoms with Crippen LogP contribution in [0, 0.1) is 6.92 Å². The molecule has 2 nitrogen and oxygen atoms in total. The number of rotatable bonds is 4. The summed E-state index contributed by atoms with van der Waals surface area (Å²) >= 11 is 1.81. The van der Waals surface area contributed by atoms with Crippen molar-refractivity contribution in [1.82, 2.24) is 4.98 Å². The Hall–Kier alpha value is -0.540. The molecule has 1 aromatic rings. The normalized spacial score (nSPS) is 13.2. The van der Waals surface area contributed by atoms with Gasteiger partial charge in [0.2, 0.25) is 0 Å². The van der Waals surface area contributed by atoms with Crippen LogP contribution in [0.2, 0.25) is 0 Å². The van der Waals surface area contributed by atoms with Crippen molar-refractivity contribution in [2.24, 2.45) is 5.73 Å². The van der Waals surface area contributed by atoms with Gasteiger partial charge in [0, 0.05) is 17.5 Å². The van der Waals surface area contributed by atoms with Crippen molar-refractivity contribution in [2.45, 2.75) is 50.4 Å². The average molecular weight is 224 g/mol. The number of nitrogens with two attached hydrogens (primary N) is 1. The number of hydrogen-bond acceptors (Lipinski definition) is 3. The van der Waals surface area contributed by atoms with Crippen molar-refractivity contribution in [1.29, 1.82) is 0 Å². The van der Waals surface area contributed by atoms with Crippen molar-refractivity contribution in [3.63, 3.8) is 0 Å². The van der Waals surface area contributed by atoms with E-state index in [9.17, 15) is 0 Å². The van der Waals surface area contributed by atoms with E-state index in [0.29, 0.717) is 5.25 Å². The second-order valence-electron chi connectivity index (χ2n) is 4.31. The Bertz CT molecular complexity index is 321. The molecule has 1 atom stereocenters. The smallest absolute Gasteiger partial charge is 0.0991 e. The number of pyridine rings is 1. The first-order valence-electron chi connectivity index (χ1n) is 5.36. The summed E-state index contributed by atoms with van der Waals surface area (Å²) in [4.78, 5) is 4.48. The molecule has 3 heteroatoms. The molecule has 0 aliphatic heterocycles. The molecular formula is C12H20N2S. The average Bonchev–Trinajstić information content (AvgIpc) is 2.08. The second-order valence-corrected chi connectivity index (χ2v) is 5.88. The van der Waals surface area contributed by atoms with Gasteiger partial charge < -0.3 is 5.73 Å². The van der Waals surface area contributed by atoms with E-state index >= 15 is 0 Å². The third-order valence-electron chi connectivity index (χ3n) is 1.99. The first-order valence-corrected chi connectivity index (χ1v) is 6.24. The van der Waals surface area contributed by atoms with Crippen molar-refractivity contribution in [3.8, 4) is 0 Å². The molecule has 1 unspecified atom stereocenters. The van der Waals surface area contributed by atoms with Gasteiger partial charge in [-0.25, -0.2) is 4.98 Å². The molecule has 0 radical (unpaired) electrons. The second kappa shape index (κ2) is 5.52. The van der Waals surface area contributed by atoms with E-state index in [4.69, 9.17) is 5.73 Å². The Morgan fingerprint density at radius 2 is 2.07 bits per heavy atom. The third kappa shape index (κ3) is 4.22. The van der Waals surface area contributed by atoms with Crippen LogP contribution < -0.4 is 5.73 Å². The lowest BCUT2D eigenvalue weighted by Crippen LogP contribution is -2.18. The Kier molecular flexibility index (Phi) is 4.61. The molecule has 0 saturated heterocycles. The van der Waals surface area contributed by atoms with Crippen molar-refractivity contribution >= 4 is 11.8 Å². The first kappa shape index (κ1) is 12.5. The maximum Gasteiger partial charge on any atom is 0.0991 e. The van der Waals surface area contributed by atoms with Crippen LogP contribution in [0.5, 0.6) is 0 Å². The molecule has 2 N–H and O–H groups in total. The summed E-state index contributed by atoms with van der Waals surface area (Å²) in [5.41, 5.74) is 8.25. The van der Waals surface area contributed by atoms with Gasteiger partial charge in [0.15, 0.2) is 0 Å². The van der Waals surface area contributed by atoms with Crippen LogP contribution in [0.3, 0.4) is 0 Å². The predicted molar refractivity (Wildman–Crippen MR) is 67.3 cm³/mol. The number of thioether (sulfide) groups is 1. The predicted octanol–water partition coefficient (Wildman–Crippen LogP) is 2.78. The summed E-state index contributed by atoms with van der Waals surface area (Å²) < 4.78 is 0. The number of nitrogens with zero attached hydrogens (tertiary/aromatic N) is 1. The minimum absolute atomic E-state index is 0.204. The molecule has 0 saturated carbocycles. The Morgan fingerprint density at radius 1 is 1.40 bits per heavy atom. The summed E-state index contributed by atoms with van der Waals surface area (Å²) in [7, 11) is 0. The molecule has 1 heterocycles. The van der Waals surface area contributed by atoms with Crippen LogP contribution in [-0.2, 0) is 6.42 Å². The lowest BCUT2D eigenvalue weighted by molar-refractivity contribution is 0.733. The number of aryl methyl sites for hydroxylation is 1. The van der Waals surface area contributed by atoms with Gasteiger partial charge in [-0.05, 0) is 31.4 Å². The van der Waals surface area contributed by atoms with E-state index in [1.807, 2.05) is 24.9 Å². The van der Waals surface area contributed by atoms with Crippen LogP contribution in [-0.4, -0.2) is 16.3 Å². The lowest BCUT2D eigenvalue weighted by atomic mass is 10.1. The number of hydrogen-bond donors (Lipinski definition) is 1. The van der Waals surface area contributed by atoms with Gasteiger partial charge in [-0.15, -0.1) is 11.8 Å². The quantitative estimate of drug-likeness (QED) is 0.799. The molecule has 0 amide bonds. The van der Waals surface area contributed by atoms with Crippen molar-refractivity contribution in [3.05, 3.63) is 23.4 Å². The van der Waals surface area contributed by atoms with Crippen LogP contribution in [0.4, 0.5) is 0 Å². The van der Waals surface area contributed by atoms with E-state index in [1.165, 1.54) is 11.1 Å². The molecule has 0 bridgehead atoms. The topological polar surface area (TPSA) is 38.9 Å². The van der Waals surface area contributed by atoms with Gasteiger partial charge >= 0.3 is 0 Å². The minimum atomic E-state index is 0.204. The Morgan fingerprint density at radius 3 is 2.53 bits per heavy atom. The standard InChI is InChI=1S/C12H20N2S/c1-8(2)15-12-9(3)5-11(7-14-12)6-10(4)13/h5,7-8,10H,6,13H2,1-4H3. The van der Waals surface area contributed by atoms with Crippen LogP contribution >= 0.6 is 11.8 Å². The highest BCUT2D eigenvalue weighted by atomic mass is 32.2. The molecule has 84 valence electrons. The van der Waals surface area contributed by atoms with E-state index in [2.05, 4.69) is 31.8 Å². The molecular weight excluding hydrogens is 204 g/mol. The molecule has 0 aliphatic carbocycles. The zero-order chi connectivity index (χ0) is 11.4. The summed E-state index contributed by atoms with van der Waals surface area (Å²) in [6.07, 6.45) is 2.85. The molecule has 1 rings (SSSR count). The highest BCUT2D eigenvalue weighted by molar-refractivity contribution is 7.99. The molecule has 1 aromatic heterocycles. The summed E-state index contributed by atoms with van der Waals surface area (Å²) in [6, 6.07) is 2.40. The van der Waals surface area contributed by atoms with Gasteiger partial charge in [-0.1, -0.05) is 19.9 Å². The molecule has 0 spiro atoms. The van der Waals surface area contributed by atoms with Gasteiger partial charge in [0.05, 0.1) is 5.03 Å². The zero-order valence-corrected chi connectivity index (χ0v) is 10.8. The minimum Gasteiger partial charge on any atom is -0.328 e. The fourth-order valence-electron chi connectivity index (χ4n) is 1.45. The Labute approximate surface area is 96.7 Å². The third-order valence-corrected chi connectivity index (χ3v) is 3.11. The van der Waals surface area contributed by atoms with Gasteiger partial charge in [0.25, 0.3) is 0 Å². The monoisotopic (exact) mass is 224 g/mol. The molecule has 0 aromatic carbocycles. The largest absolute Gasteiger partial charge is 0.328 e. The molecule has 0 aliphatic rings. The van der Waals surface area contributed by atoms with Crippen molar-refractivity contribution in [2.75, 3.05) is 0 Å². The van der Waals surface area contributed by atoms with Gasteiger partial charge in [0.1, 0.15) is 0 Å². The van der Waals surface area contributed by atoms with E-state index < -0.39 is 0 Å². The first-order chi connectivity index (χ1) is 6.99. The fraction of sp³-hybridized carbons (Fsp3) is 0.583.